The summed E-state index contributed by atoms with van der Waals surface area (Å²) in [5.74, 6) is 0.931. The molecule has 0 saturated carbocycles. The van der Waals surface area contributed by atoms with Gasteiger partial charge in [-0.15, -0.1) is 0 Å². The van der Waals surface area contributed by atoms with Gasteiger partial charge in [0.05, 0.1) is 0 Å². The van der Waals surface area contributed by atoms with Gasteiger partial charge in [0.25, 0.3) is 0 Å². The minimum absolute atomic E-state index is 0.644. The lowest BCUT2D eigenvalue weighted by Gasteiger charge is -2.11. The highest BCUT2D eigenvalue weighted by molar-refractivity contribution is 9.10. The number of benzene rings is 2. The van der Waals surface area contributed by atoms with Gasteiger partial charge in [-0.2, -0.15) is 0 Å². The van der Waals surface area contributed by atoms with Gasteiger partial charge in [0, 0.05) is 16.7 Å². The number of halogens is 1. The monoisotopic (exact) mass is 319 g/mol. The number of hydrogen-bond acceptors (Lipinski definition) is 2. The molecule has 19 heavy (non-hydrogen) atoms. The van der Waals surface area contributed by atoms with E-state index in [4.69, 9.17) is 4.74 Å². The minimum atomic E-state index is 0.644. The van der Waals surface area contributed by atoms with E-state index in [0.29, 0.717) is 6.61 Å². The zero-order chi connectivity index (χ0) is 13.7. The van der Waals surface area contributed by atoms with Crippen LogP contribution in [-0.2, 0) is 0 Å². The second-order valence-electron chi connectivity index (χ2n) is 4.55. The van der Waals surface area contributed by atoms with Gasteiger partial charge in [-0.25, -0.2) is 0 Å². The maximum atomic E-state index is 5.77. The Labute approximate surface area is 122 Å². The predicted molar refractivity (Wildman–Crippen MR) is 84.0 cm³/mol. The number of nitrogens with one attached hydrogen (secondary N) is 1. The molecule has 0 radical (unpaired) electrons. The third kappa shape index (κ3) is 4.28. The van der Waals surface area contributed by atoms with Crippen LogP contribution in [0.15, 0.2) is 46.9 Å². The van der Waals surface area contributed by atoms with Crippen LogP contribution in [0.3, 0.4) is 0 Å². The van der Waals surface area contributed by atoms with Crippen LogP contribution in [0.1, 0.15) is 11.1 Å². The fraction of sp³-hybridized carbons (Fsp3) is 0.250. The molecule has 2 aromatic rings. The lowest BCUT2D eigenvalue weighted by atomic mass is 10.2. The molecule has 0 heterocycles. The quantitative estimate of drug-likeness (QED) is 0.816. The molecule has 0 unspecified atom stereocenters. The molecule has 0 spiro atoms. The van der Waals surface area contributed by atoms with E-state index in [0.717, 1.165) is 28.0 Å². The summed E-state index contributed by atoms with van der Waals surface area (Å²) in [4.78, 5) is 0. The summed E-state index contributed by atoms with van der Waals surface area (Å²) in [7, 11) is 0. The molecule has 1 N–H and O–H groups in total. The molecule has 0 atom stereocenters. The van der Waals surface area contributed by atoms with Gasteiger partial charge in [0.1, 0.15) is 12.4 Å². The lowest BCUT2D eigenvalue weighted by molar-refractivity contribution is 0.330. The Morgan fingerprint density at radius 2 is 1.79 bits per heavy atom. The average Bonchev–Trinajstić information content (AvgIpc) is 2.40. The van der Waals surface area contributed by atoms with Crippen LogP contribution in [-0.4, -0.2) is 13.2 Å². The van der Waals surface area contributed by atoms with E-state index in [-0.39, 0.29) is 0 Å². The summed E-state index contributed by atoms with van der Waals surface area (Å²) in [5, 5.41) is 3.34. The van der Waals surface area contributed by atoms with E-state index in [1.807, 2.05) is 18.2 Å². The topological polar surface area (TPSA) is 21.3 Å². The fourth-order valence-corrected chi connectivity index (χ4v) is 2.10. The molecule has 3 heteroatoms. The molecule has 100 valence electrons. The van der Waals surface area contributed by atoms with E-state index in [1.165, 1.54) is 5.56 Å². The summed E-state index contributed by atoms with van der Waals surface area (Å²) >= 11 is 3.45. The Morgan fingerprint density at radius 1 is 1.05 bits per heavy atom. The maximum Gasteiger partial charge on any atom is 0.123 e. The number of anilines is 1. The van der Waals surface area contributed by atoms with Crippen molar-refractivity contribution in [2.75, 3.05) is 18.5 Å². The Hall–Kier alpha value is -1.48. The van der Waals surface area contributed by atoms with Gasteiger partial charge in [0.2, 0.25) is 0 Å². The van der Waals surface area contributed by atoms with Crippen LogP contribution >= 0.6 is 15.9 Å². The first-order valence-corrected chi connectivity index (χ1v) is 7.14. The summed E-state index contributed by atoms with van der Waals surface area (Å²) < 4.78 is 6.81. The molecule has 2 rings (SSSR count). The maximum absolute atomic E-state index is 5.77. The summed E-state index contributed by atoms with van der Waals surface area (Å²) in [6, 6.07) is 14.4. The first-order valence-electron chi connectivity index (χ1n) is 6.34. The number of ether oxygens (including phenoxy) is 1. The Kier molecular flexibility index (Phi) is 4.86. The third-order valence-electron chi connectivity index (χ3n) is 2.89. The lowest BCUT2D eigenvalue weighted by Crippen LogP contribution is -2.11. The normalized spacial score (nSPS) is 10.3. The highest BCUT2D eigenvalue weighted by Crippen LogP contribution is 2.22. The Morgan fingerprint density at radius 3 is 2.53 bits per heavy atom. The standard InChI is InChI=1S/C16H18BrNO/c1-12-3-7-15(8-4-12)18-9-10-19-16-11-14(17)6-5-13(16)2/h3-8,11,18H,9-10H2,1-2H3. The summed E-state index contributed by atoms with van der Waals surface area (Å²) in [5.41, 5.74) is 3.55. The number of rotatable bonds is 5. The molecule has 0 amide bonds. The van der Waals surface area contributed by atoms with Crippen molar-refractivity contribution >= 4 is 21.6 Å². The SMILES string of the molecule is Cc1ccc(NCCOc2cc(Br)ccc2C)cc1. The van der Waals surface area contributed by atoms with Crippen molar-refractivity contribution in [1.82, 2.24) is 0 Å². The predicted octanol–water partition coefficient (Wildman–Crippen LogP) is 4.56. The number of aryl methyl sites for hydroxylation is 2. The van der Waals surface area contributed by atoms with Crippen molar-refractivity contribution in [3.63, 3.8) is 0 Å². The fourth-order valence-electron chi connectivity index (χ4n) is 1.76. The molecular formula is C16H18BrNO. The van der Waals surface area contributed by atoms with Crippen LogP contribution in [0.4, 0.5) is 5.69 Å². The van der Waals surface area contributed by atoms with E-state index in [1.54, 1.807) is 0 Å². The van der Waals surface area contributed by atoms with E-state index < -0.39 is 0 Å². The molecule has 0 aliphatic rings. The van der Waals surface area contributed by atoms with Gasteiger partial charge >= 0.3 is 0 Å². The molecular weight excluding hydrogens is 302 g/mol. The smallest absolute Gasteiger partial charge is 0.123 e. The molecule has 0 aliphatic carbocycles. The third-order valence-corrected chi connectivity index (χ3v) is 3.38. The average molecular weight is 320 g/mol. The second-order valence-corrected chi connectivity index (χ2v) is 5.47. The molecule has 0 bridgehead atoms. The zero-order valence-corrected chi connectivity index (χ0v) is 12.8. The Bertz CT molecular complexity index is 537. The van der Waals surface area contributed by atoms with Crippen LogP contribution < -0.4 is 10.1 Å². The zero-order valence-electron chi connectivity index (χ0n) is 11.2. The largest absolute Gasteiger partial charge is 0.491 e. The molecule has 0 saturated heterocycles. The van der Waals surface area contributed by atoms with Gasteiger partial charge in [-0.1, -0.05) is 39.7 Å². The van der Waals surface area contributed by atoms with Crippen LogP contribution in [0, 0.1) is 13.8 Å². The Balaban J connectivity index is 1.80. The molecule has 0 aromatic heterocycles. The van der Waals surface area contributed by atoms with Gasteiger partial charge in [0.15, 0.2) is 0 Å². The van der Waals surface area contributed by atoms with E-state index in [2.05, 4.69) is 59.4 Å². The number of hydrogen-bond donors (Lipinski definition) is 1. The highest BCUT2D eigenvalue weighted by atomic mass is 79.9. The van der Waals surface area contributed by atoms with Crippen molar-refractivity contribution in [2.45, 2.75) is 13.8 Å². The highest BCUT2D eigenvalue weighted by Gasteiger charge is 2.00. The van der Waals surface area contributed by atoms with Gasteiger partial charge in [-0.3, -0.25) is 0 Å². The van der Waals surface area contributed by atoms with Crippen LogP contribution in [0.25, 0.3) is 0 Å². The van der Waals surface area contributed by atoms with Crippen molar-refractivity contribution < 1.29 is 4.74 Å². The summed E-state index contributed by atoms with van der Waals surface area (Å²) in [6.07, 6.45) is 0. The molecule has 2 nitrogen and oxygen atoms in total. The molecule has 0 fully saturated rings. The molecule has 0 aliphatic heterocycles. The first kappa shape index (κ1) is 13.9. The first-order chi connectivity index (χ1) is 9.15. The van der Waals surface area contributed by atoms with Crippen LogP contribution in [0.2, 0.25) is 0 Å². The minimum Gasteiger partial charge on any atom is -0.491 e. The molecule has 2 aromatic carbocycles. The van der Waals surface area contributed by atoms with Crippen molar-refractivity contribution in [1.29, 1.82) is 0 Å². The van der Waals surface area contributed by atoms with Crippen LogP contribution in [0.5, 0.6) is 5.75 Å². The van der Waals surface area contributed by atoms with Gasteiger partial charge in [-0.05, 0) is 43.7 Å². The van der Waals surface area contributed by atoms with Gasteiger partial charge < -0.3 is 10.1 Å². The second kappa shape index (κ2) is 6.62. The summed E-state index contributed by atoms with van der Waals surface area (Å²) in [6.45, 7) is 5.57. The van der Waals surface area contributed by atoms with Crippen molar-refractivity contribution in [3.8, 4) is 5.75 Å². The van der Waals surface area contributed by atoms with E-state index >= 15 is 0 Å². The van der Waals surface area contributed by atoms with E-state index in [9.17, 15) is 0 Å². The van der Waals surface area contributed by atoms with Crippen molar-refractivity contribution in [2.24, 2.45) is 0 Å². The van der Waals surface area contributed by atoms with Crippen molar-refractivity contribution in [3.05, 3.63) is 58.1 Å².